The Balaban J connectivity index is 1.70. The highest BCUT2D eigenvalue weighted by molar-refractivity contribution is 7.09. The summed E-state index contributed by atoms with van der Waals surface area (Å²) in [5.74, 6) is 0.0902. The fourth-order valence-electron chi connectivity index (χ4n) is 2.79. The van der Waals surface area contributed by atoms with Crippen molar-refractivity contribution in [3.05, 3.63) is 46.2 Å². The van der Waals surface area contributed by atoms with Crippen LogP contribution in [0.1, 0.15) is 40.7 Å². The van der Waals surface area contributed by atoms with E-state index in [2.05, 4.69) is 16.9 Å². The second kappa shape index (κ2) is 5.56. The van der Waals surface area contributed by atoms with Gasteiger partial charge in [0.2, 0.25) is 0 Å². The van der Waals surface area contributed by atoms with Gasteiger partial charge in [-0.2, -0.15) is 0 Å². The van der Waals surface area contributed by atoms with Crippen LogP contribution in [0.5, 0.6) is 0 Å². The predicted molar refractivity (Wildman–Crippen MR) is 83.6 cm³/mol. The SMILES string of the molecule is Cc1cncc(C(=O)N2CCC(C)(c3nccs3)CC2)c1. The molecule has 0 atom stereocenters. The molecule has 0 aliphatic carbocycles. The molecule has 1 amide bonds. The number of carbonyl (C=O) groups is 1. The molecule has 0 spiro atoms. The summed E-state index contributed by atoms with van der Waals surface area (Å²) in [5, 5.41) is 3.21. The first kappa shape index (κ1) is 14.2. The van der Waals surface area contributed by atoms with Gasteiger partial charge in [0.1, 0.15) is 0 Å². The normalized spacial score (nSPS) is 17.7. The van der Waals surface area contributed by atoms with Gasteiger partial charge in [-0.25, -0.2) is 4.98 Å². The molecule has 0 radical (unpaired) electrons. The van der Waals surface area contributed by atoms with E-state index in [1.807, 2.05) is 29.5 Å². The molecule has 1 aliphatic rings. The third-order valence-electron chi connectivity index (χ3n) is 4.22. The average Bonchev–Trinajstić information content (AvgIpc) is 3.02. The van der Waals surface area contributed by atoms with E-state index in [0.717, 1.165) is 31.5 Å². The molecule has 3 rings (SSSR count). The summed E-state index contributed by atoms with van der Waals surface area (Å²) in [6.07, 6.45) is 7.22. The van der Waals surface area contributed by atoms with Crippen LogP contribution >= 0.6 is 11.3 Å². The van der Waals surface area contributed by atoms with E-state index in [0.29, 0.717) is 5.56 Å². The third kappa shape index (κ3) is 2.83. The smallest absolute Gasteiger partial charge is 0.255 e. The number of likely N-dealkylation sites (tertiary alicyclic amines) is 1. The number of hydrogen-bond acceptors (Lipinski definition) is 4. The van der Waals surface area contributed by atoms with Gasteiger partial charge in [0.05, 0.1) is 10.6 Å². The highest BCUT2D eigenvalue weighted by Gasteiger charge is 2.35. The monoisotopic (exact) mass is 301 g/mol. The van der Waals surface area contributed by atoms with Crippen molar-refractivity contribution in [2.75, 3.05) is 13.1 Å². The maximum absolute atomic E-state index is 12.5. The van der Waals surface area contributed by atoms with Gasteiger partial charge >= 0.3 is 0 Å². The molecule has 3 heterocycles. The Morgan fingerprint density at radius 3 is 2.71 bits per heavy atom. The molecule has 1 saturated heterocycles. The number of thiazole rings is 1. The van der Waals surface area contributed by atoms with Crippen molar-refractivity contribution >= 4 is 17.2 Å². The first-order valence-electron chi connectivity index (χ1n) is 7.19. The van der Waals surface area contributed by atoms with Crippen LogP contribution in [-0.4, -0.2) is 33.9 Å². The molecule has 0 aromatic carbocycles. The molecule has 2 aromatic heterocycles. The highest BCUT2D eigenvalue weighted by Crippen LogP contribution is 2.36. The molecule has 0 N–H and O–H groups in total. The van der Waals surface area contributed by atoms with Crippen LogP contribution in [0.2, 0.25) is 0 Å². The maximum atomic E-state index is 12.5. The second-order valence-electron chi connectivity index (χ2n) is 5.94. The quantitative estimate of drug-likeness (QED) is 0.856. The summed E-state index contributed by atoms with van der Waals surface area (Å²) in [4.78, 5) is 23.0. The molecule has 1 fully saturated rings. The van der Waals surface area contributed by atoms with Crippen molar-refractivity contribution in [2.24, 2.45) is 0 Å². The minimum Gasteiger partial charge on any atom is -0.339 e. The summed E-state index contributed by atoms with van der Waals surface area (Å²) in [5.41, 5.74) is 1.81. The van der Waals surface area contributed by atoms with E-state index in [4.69, 9.17) is 0 Å². The lowest BCUT2D eigenvalue weighted by Crippen LogP contribution is -2.43. The van der Waals surface area contributed by atoms with Crippen LogP contribution in [0.15, 0.2) is 30.0 Å². The third-order valence-corrected chi connectivity index (χ3v) is 5.30. The van der Waals surface area contributed by atoms with E-state index < -0.39 is 0 Å². The van der Waals surface area contributed by atoms with Crippen LogP contribution in [0.25, 0.3) is 0 Å². The van der Waals surface area contributed by atoms with E-state index in [1.165, 1.54) is 5.01 Å². The Kier molecular flexibility index (Phi) is 3.76. The highest BCUT2D eigenvalue weighted by atomic mass is 32.1. The van der Waals surface area contributed by atoms with E-state index in [1.54, 1.807) is 23.7 Å². The van der Waals surface area contributed by atoms with Crippen molar-refractivity contribution in [1.29, 1.82) is 0 Å². The molecular formula is C16H19N3OS. The van der Waals surface area contributed by atoms with Crippen molar-refractivity contribution < 1.29 is 4.79 Å². The number of aromatic nitrogens is 2. The van der Waals surface area contributed by atoms with Crippen LogP contribution in [0.4, 0.5) is 0 Å². The average molecular weight is 301 g/mol. The van der Waals surface area contributed by atoms with E-state index >= 15 is 0 Å². The zero-order valence-electron chi connectivity index (χ0n) is 12.4. The van der Waals surface area contributed by atoms with Crippen LogP contribution in [-0.2, 0) is 5.41 Å². The van der Waals surface area contributed by atoms with Crippen LogP contribution in [0, 0.1) is 6.92 Å². The Bertz CT molecular complexity index is 631. The van der Waals surface area contributed by atoms with E-state index in [9.17, 15) is 4.79 Å². The van der Waals surface area contributed by atoms with Gasteiger partial charge in [-0.05, 0) is 31.4 Å². The Morgan fingerprint density at radius 1 is 1.33 bits per heavy atom. The summed E-state index contributed by atoms with van der Waals surface area (Å²) in [6, 6.07) is 1.91. The molecule has 5 heteroatoms. The van der Waals surface area contributed by atoms with Gasteiger partial charge < -0.3 is 4.90 Å². The lowest BCUT2D eigenvalue weighted by molar-refractivity contribution is 0.0675. The number of hydrogen-bond donors (Lipinski definition) is 0. The topological polar surface area (TPSA) is 46.1 Å². The standard InChI is InChI=1S/C16H19N3OS/c1-12-9-13(11-17-10-12)14(20)19-6-3-16(2,4-7-19)15-18-5-8-21-15/h5,8-11H,3-4,6-7H2,1-2H3. The number of aryl methyl sites for hydroxylation is 1. The number of amides is 1. The number of carbonyl (C=O) groups excluding carboxylic acids is 1. The van der Waals surface area contributed by atoms with Gasteiger partial charge in [-0.1, -0.05) is 6.92 Å². The van der Waals surface area contributed by atoms with Gasteiger partial charge in [-0.3, -0.25) is 9.78 Å². The summed E-state index contributed by atoms with van der Waals surface area (Å²) in [6.45, 7) is 5.77. The predicted octanol–water partition coefficient (Wildman–Crippen LogP) is 3.04. The van der Waals surface area contributed by atoms with Crippen molar-refractivity contribution in [3.8, 4) is 0 Å². The molecule has 0 unspecified atom stereocenters. The molecule has 4 nitrogen and oxygen atoms in total. The number of nitrogens with zero attached hydrogens (tertiary/aromatic N) is 3. The lowest BCUT2D eigenvalue weighted by Gasteiger charge is -2.38. The van der Waals surface area contributed by atoms with Crippen LogP contribution in [0.3, 0.4) is 0 Å². The first-order valence-corrected chi connectivity index (χ1v) is 8.07. The molecular weight excluding hydrogens is 282 g/mol. The van der Waals surface area contributed by atoms with Gasteiger partial charge in [-0.15, -0.1) is 11.3 Å². The van der Waals surface area contributed by atoms with Gasteiger partial charge in [0.15, 0.2) is 0 Å². The maximum Gasteiger partial charge on any atom is 0.255 e. The van der Waals surface area contributed by atoms with Gasteiger partial charge in [0.25, 0.3) is 5.91 Å². The fraction of sp³-hybridized carbons (Fsp3) is 0.438. The molecule has 21 heavy (non-hydrogen) atoms. The van der Waals surface area contributed by atoms with Crippen LogP contribution < -0.4 is 0 Å². The molecule has 0 saturated carbocycles. The van der Waals surface area contributed by atoms with Crippen molar-refractivity contribution in [3.63, 3.8) is 0 Å². The zero-order chi connectivity index (χ0) is 14.9. The Labute approximate surface area is 128 Å². The largest absolute Gasteiger partial charge is 0.339 e. The number of pyridine rings is 1. The minimum absolute atomic E-state index is 0.0902. The zero-order valence-corrected chi connectivity index (χ0v) is 13.2. The fourth-order valence-corrected chi connectivity index (χ4v) is 3.65. The first-order chi connectivity index (χ1) is 10.1. The Morgan fingerprint density at radius 2 is 2.10 bits per heavy atom. The second-order valence-corrected chi connectivity index (χ2v) is 6.84. The summed E-state index contributed by atoms with van der Waals surface area (Å²) < 4.78 is 0. The lowest BCUT2D eigenvalue weighted by atomic mass is 9.81. The molecule has 1 aliphatic heterocycles. The summed E-state index contributed by atoms with van der Waals surface area (Å²) in [7, 11) is 0. The van der Waals surface area contributed by atoms with E-state index in [-0.39, 0.29) is 11.3 Å². The molecule has 0 bridgehead atoms. The summed E-state index contributed by atoms with van der Waals surface area (Å²) >= 11 is 1.71. The molecule has 2 aromatic rings. The van der Waals surface area contributed by atoms with Gasteiger partial charge in [0, 0.05) is 42.5 Å². The van der Waals surface area contributed by atoms with Crippen molar-refractivity contribution in [2.45, 2.75) is 32.1 Å². The number of piperidine rings is 1. The Hall–Kier alpha value is -1.75. The molecule has 110 valence electrons. The minimum atomic E-state index is 0.0902. The number of rotatable bonds is 2. The van der Waals surface area contributed by atoms with Crippen molar-refractivity contribution in [1.82, 2.24) is 14.9 Å².